The maximum Gasteiger partial charge on any atom is 0.163 e. The van der Waals surface area contributed by atoms with Gasteiger partial charge in [-0.2, -0.15) is 0 Å². The van der Waals surface area contributed by atoms with Gasteiger partial charge in [0.1, 0.15) is 0 Å². The third-order valence-electron chi connectivity index (χ3n) is 1.51. The molecular weight excluding hydrogens is 206 g/mol. The minimum Gasteiger partial charge on any atom is -0.394 e. The Morgan fingerprint density at radius 2 is 2.62 bits per heavy atom. The molecule has 0 aliphatic carbocycles. The molecule has 0 radical (unpaired) electrons. The predicted molar refractivity (Wildman–Crippen MR) is 56.6 cm³/mol. The summed E-state index contributed by atoms with van der Waals surface area (Å²) in [4.78, 5) is 4.09. The van der Waals surface area contributed by atoms with Crippen molar-refractivity contribution in [2.24, 2.45) is 5.73 Å². The number of rotatable bonds is 4. The van der Waals surface area contributed by atoms with Crippen molar-refractivity contribution in [2.75, 3.05) is 6.61 Å². The Balaban J connectivity index is 2.45. The number of nitrogens with two attached hydrogens (primary N) is 1. The van der Waals surface area contributed by atoms with Gasteiger partial charge in [-0.1, -0.05) is 0 Å². The fraction of sp³-hybridized carbons (Fsp3) is 0.429. The molecule has 1 heterocycles. The molecule has 1 rings (SSSR count). The van der Waals surface area contributed by atoms with Crippen molar-refractivity contribution in [1.29, 1.82) is 0 Å². The highest BCUT2D eigenvalue weighted by Gasteiger charge is 2.09. The van der Waals surface area contributed by atoms with E-state index in [4.69, 9.17) is 10.8 Å². The summed E-state index contributed by atoms with van der Waals surface area (Å²) in [5.74, 6) is 0. The lowest BCUT2D eigenvalue weighted by molar-refractivity contribution is 0.254. The van der Waals surface area contributed by atoms with Gasteiger partial charge in [0.05, 0.1) is 23.9 Å². The van der Waals surface area contributed by atoms with Gasteiger partial charge in [-0.15, -0.1) is 11.3 Å². The molecule has 0 saturated carbocycles. The van der Waals surface area contributed by atoms with Crippen LogP contribution in [0, 0.1) is 0 Å². The van der Waals surface area contributed by atoms with Crippen molar-refractivity contribution in [1.82, 2.24) is 10.3 Å². The molecule has 0 fully saturated rings. The van der Waals surface area contributed by atoms with E-state index in [1.807, 2.05) is 5.38 Å². The molecule has 1 atom stereocenters. The molecule has 0 saturated heterocycles. The van der Waals surface area contributed by atoms with Crippen molar-refractivity contribution in [3.05, 3.63) is 16.6 Å². The molecule has 0 aliphatic heterocycles. The standard InChI is InChI=1S/C7H11N3OS2/c8-7(12)10-5(2-11)1-6-3-13-4-9-6/h3-5,11H,1-2H2,(H3,8,10,12)/t5-/m1/s1. The Morgan fingerprint density at radius 1 is 1.85 bits per heavy atom. The average Bonchev–Trinajstić information content (AvgIpc) is 2.55. The first-order valence-corrected chi connectivity index (χ1v) is 5.11. The topological polar surface area (TPSA) is 71.2 Å². The van der Waals surface area contributed by atoms with Crippen LogP contribution < -0.4 is 11.1 Å². The highest BCUT2D eigenvalue weighted by atomic mass is 32.1. The summed E-state index contributed by atoms with van der Waals surface area (Å²) < 4.78 is 0. The second-order valence-corrected chi connectivity index (χ2v) is 3.73. The van der Waals surface area contributed by atoms with E-state index in [2.05, 4.69) is 22.5 Å². The summed E-state index contributed by atoms with van der Waals surface area (Å²) in [7, 11) is 0. The smallest absolute Gasteiger partial charge is 0.163 e. The summed E-state index contributed by atoms with van der Waals surface area (Å²) in [5, 5.41) is 13.9. The molecule has 13 heavy (non-hydrogen) atoms. The molecule has 0 amide bonds. The number of aromatic nitrogens is 1. The minimum absolute atomic E-state index is 0.00509. The van der Waals surface area contributed by atoms with Crippen LogP contribution in [-0.2, 0) is 6.42 Å². The van der Waals surface area contributed by atoms with E-state index < -0.39 is 0 Å². The molecule has 6 heteroatoms. The highest BCUT2D eigenvalue weighted by molar-refractivity contribution is 7.80. The molecule has 1 aromatic rings. The molecule has 4 N–H and O–H groups in total. The van der Waals surface area contributed by atoms with Crippen molar-refractivity contribution in [3.8, 4) is 0 Å². The lowest BCUT2D eigenvalue weighted by Gasteiger charge is -2.14. The number of thiocarbonyl (C=S) groups is 1. The molecule has 0 spiro atoms. The predicted octanol–water partition coefficient (Wildman–Crippen LogP) is -0.120. The zero-order valence-corrected chi connectivity index (χ0v) is 8.57. The van der Waals surface area contributed by atoms with Crippen LogP contribution in [0.2, 0.25) is 0 Å². The maximum absolute atomic E-state index is 8.97. The van der Waals surface area contributed by atoms with Crippen LogP contribution in [0.5, 0.6) is 0 Å². The van der Waals surface area contributed by atoms with Crippen LogP contribution in [0.1, 0.15) is 5.69 Å². The first-order chi connectivity index (χ1) is 6.22. The van der Waals surface area contributed by atoms with E-state index >= 15 is 0 Å². The van der Waals surface area contributed by atoms with Crippen LogP contribution in [0.4, 0.5) is 0 Å². The molecule has 0 aliphatic rings. The third kappa shape index (κ3) is 3.67. The number of aliphatic hydroxyl groups is 1. The first-order valence-electron chi connectivity index (χ1n) is 3.76. The first kappa shape index (κ1) is 10.4. The average molecular weight is 217 g/mol. The van der Waals surface area contributed by atoms with Crippen molar-refractivity contribution >= 4 is 28.7 Å². The molecule has 0 bridgehead atoms. The van der Waals surface area contributed by atoms with Crippen molar-refractivity contribution in [2.45, 2.75) is 12.5 Å². The second kappa shape index (κ2) is 5.11. The van der Waals surface area contributed by atoms with E-state index in [0.29, 0.717) is 6.42 Å². The Bertz CT molecular complexity index is 263. The molecular formula is C7H11N3OS2. The molecule has 0 aromatic carbocycles. The van der Waals surface area contributed by atoms with Gasteiger partial charge < -0.3 is 16.2 Å². The van der Waals surface area contributed by atoms with Crippen molar-refractivity contribution in [3.63, 3.8) is 0 Å². The largest absolute Gasteiger partial charge is 0.394 e. The Morgan fingerprint density at radius 3 is 3.08 bits per heavy atom. The number of aliphatic hydroxyl groups excluding tert-OH is 1. The zero-order valence-electron chi connectivity index (χ0n) is 6.93. The van der Waals surface area contributed by atoms with E-state index in [0.717, 1.165) is 5.69 Å². The molecule has 4 nitrogen and oxygen atoms in total. The summed E-state index contributed by atoms with van der Waals surface area (Å²) in [5.41, 5.74) is 7.98. The van der Waals surface area contributed by atoms with Gasteiger partial charge in [0.15, 0.2) is 5.11 Å². The fourth-order valence-corrected chi connectivity index (χ4v) is 1.69. The maximum atomic E-state index is 8.97. The molecule has 72 valence electrons. The summed E-state index contributed by atoms with van der Waals surface area (Å²) >= 11 is 6.20. The monoisotopic (exact) mass is 217 g/mol. The van der Waals surface area contributed by atoms with Gasteiger partial charge in [0.25, 0.3) is 0 Å². The zero-order chi connectivity index (χ0) is 9.68. The van der Waals surface area contributed by atoms with Gasteiger partial charge in [0, 0.05) is 11.8 Å². The van der Waals surface area contributed by atoms with E-state index in [9.17, 15) is 0 Å². The third-order valence-corrected chi connectivity index (χ3v) is 2.26. The van der Waals surface area contributed by atoms with Gasteiger partial charge in [-0.3, -0.25) is 0 Å². The SMILES string of the molecule is NC(=S)N[C@@H](CO)Cc1cscn1. The van der Waals surface area contributed by atoms with Gasteiger partial charge >= 0.3 is 0 Å². The number of nitrogens with one attached hydrogen (secondary N) is 1. The van der Waals surface area contributed by atoms with Crippen LogP contribution in [-0.4, -0.2) is 27.9 Å². The van der Waals surface area contributed by atoms with Crippen LogP contribution in [0.25, 0.3) is 0 Å². The van der Waals surface area contributed by atoms with Gasteiger partial charge in [-0.25, -0.2) is 4.98 Å². The molecule has 1 aromatic heterocycles. The van der Waals surface area contributed by atoms with E-state index in [-0.39, 0.29) is 17.8 Å². The Kier molecular flexibility index (Phi) is 4.07. The second-order valence-electron chi connectivity index (χ2n) is 2.57. The van der Waals surface area contributed by atoms with Gasteiger partial charge in [-0.05, 0) is 12.2 Å². The summed E-state index contributed by atoms with van der Waals surface area (Å²) in [6.45, 7) is -0.00509. The summed E-state index contributed by atoms with van der Waals surface area (Å²) in [6.07, 6.45) is 0.636. The lowest BCUT2D eigenvalue weighted by atomic mass is 10.2. The Hall–Kier alpha value is -0.720. The van der Waals surface area contributed by atoms with Gasteiger partial charge in [0.2, 0.25) is 0 Å². The fourth-order valence-electron chi connectivity index (χ4n) is 0.953. The number of thiazole rings is 1. The van der Waals surface area contributed by atoms with Crippen LogP contribution >= 0.6 is 23.6 Å². The summed E-state index contributed by atoms with van der Waals surface area (Å²) in [6, 6.07) is -0.139. The lowest BCUT2D eigenvalue weighted by Crippen LogP contribution is -2.42. The highest BCUT2D eigenvalue weighted by Crippen LogP contribution is 2.03. The number of hydrogen-bond donors (Lipinski definition) is 3. The van der Waals surface area contributed by atoms with E-state index in [1.54, 1.807) is 5.51 Å². The van der Waals surface area contributed by atoms with Crippen LogP contribution in [0.3, 0.4) is 0 Å². The number of nitrogens with zero attached hydrogens (tertiary/aromatic N) is 1. The molecule has 0 unspecified atom stereocenters. The van der Waals surface area contributed by atoms with E-state index in [1.165, 1.54) is 11.3 Å². The van der Waals surface area contributed by atoms with Crippen molar-refractivity contribution < 1.29 is 5.11 Å². The quantitative estimate of drug-likeness (QED) is 0.613. The Labute approximate surface area is 85.8 Å². The van der Waals surface area contributed by atoms with Crippen LogP contribution in [0.15, 0.2) is 10.9 Å². The normalized spacial score (nSPS) is 12.4. The number of hydrogen-bond acceptors (Lipinski definition) is 4. The minimum atomic E-state index is -0.139.